The molecule has 3 heteroatoms. The van der Waals surface area contributed by atoms with Gasteiger partial charge < -0.3 is 14.6 Å². The highest BCUT2D eigenvalue weighted by Gasteiger charge is 2.35. The smallest absolute Gasteiger partial charge is 0.0879 e. The summed E-state index contributed by atoms with van der Waals surface area (Å²) in [7, 11) is 0. The van der Waals surface area contributed by atoms with Gasteiger partial charge >= 0.3 is 0 Å². The van der Waals surface area contributed by atoms with Gasteiger partial charge in [-0.05, 0) is 51.4 Å². The van der Waals surface area contributed by atoms with Gasteiger partial charge in [-0.2, -0.15) is 0 Å². The minimum atomic E-state index is -0.994. The first-order chi connectivity index (χ1) is 12.2. The molecule has 1 aliphatic heterocycles. The van der Waals surface area contributed by atoms with Gasteiger partial charge in [0.15, 0.2) is 0 Å². The summed E-state index contributed by atoms with van der Waals surface area (Å²) in [6.45, 7) is 2.15. The maximum atomic E-state index is 10.2. The topological polar surface area (TPSA) is 52.7 Å². The van der Waals surface area contributed by atoms with E-state index >= 15 is 0 Å². The number of hydrogen-bond acceptors (Lipinski definition) is 3. The lowest BCUT2D eigenvalue weighted by atomic mass is 10.1. The van der Waals surface area contributed by atoms with Crippen molar-refractivity contribution >= 4 is 5.97 Å². The van der Waals surface area contributed by atoms with Crippen LogP contribution in [0.2, 0.25) is 0 Å². The highest BCUT2D eigenvalue weighted by molar-refractivity contribution is 5.64. The Hall–Kier alpha value is -1.87. The van der Waals surface area contributed by atoms with Gasteiger partial charge in [0, 0.05) is 5.97 Å². The Balaban J connectivity index is 1.97. The number of epoxide rings is 1. The lowest BCUT2D eigenvalue weighted by molar-refractivity contribution is -0.305. The zero-order valence-electron chi connectivity index (χ0n) is 15.3. The van der Waals surface area contributed by atoms with Crippen molar-refractivity contribution < 1.29 is 14.6 Å². The van der Waals surface area contributed by atoms with Crippen LogP contribution >= 0.6 is 0 Å². The molecular formula is C22H31O3-. The summed E-state index contributed by atoms with van der Waals surface area (Å²) in [6, 6.07) is 0. The summed E-state index contributed by atoms with van der Waals surface area (Å²) >= 11 is 0. The molecule has 1 fully saturated rings. The minimum absolute atomic E-state index is 0.0943. The standard InChI is InChI=1S/C22H32O3/c1-2-3-4-5-6-7-8-11-14-17-20-21(25-20)18-15-12-9-10-13-16-19-22(23)24/h3-4,6-7,10-15,20-21H,2,5,8-9,16-19H2,1H3,(H,23,24)/p-1/b4-3-,7-6-,13-10-,14-11-,15-12-. The van der Waals surface area contributed by atoms with E-state index in [2.05, 4.69) is 55.5 Å². The Bertz CT molecular complexity index is 497. The summed E-state index contributed by atoms with van der Waals surface area (Å²) < 4.78 is 5.64. The number of allylic oxidation sites excluding steroid dienone is 8. The fraction of sp³-hybridized carbons (Fsp3) is 0.500. The Morgan fingerprint density at radius 3 is 1.80 bits per heavy atom. The number of hydrogen-bond donors (Lipinski definition) is 0. The Labute approximate surface area is 152 Å². The van der Waals surface area contributed by atoms with Gasteiger partial charge in [0.05, 0.1) is 12.2 Å². The molecule has 0 saturated carbocycles. The summed E-state index contributed by atoms with van der Waals surface area (Å²) in [4.78, 5) is 10.2. The number of carboxylic acid groups (broad SMARTS) is 1. The van der Waals surface area contributed by atoms with Gasteiger partial charge in [0.2, 0.25) is 0 Å². The van der Waals surface area contributed by atoms with Crippen molar-refractivity contribution in [2.75, 3.05) is 0 Å². The Kier molecular flexibility index (Phi) is 12.3. The van der Waals surface area contributed by atoms with E-state index in [1.807, 2.05) is 12.2 Å². The molecule has 1 aliphatic rings. The SMILES string of the molecule is CC/C=C\C/C=C\C/C=C\CC1OC1C/C=C\C/C=C\CCC(=O)[O-]. The predicted octanol–water partition coefficient (Wildman–Crippen LogP) is 4.43. The molecule has 25 heavy (non-hydrogen) atoms. The molecular weight excluding hydrogens is 312 g/mol. The second kappa shape index (κ2) is 14.5. The van der Waals surface area contributed by atoms with Crippen LogP contribution in [0.25, 0.3) is 0 Å². The van der Waals surface area contributed by atoms with Crippen LogP contribution < -0.4 is 5.11 Å². The lowest BCUT2D eigenvalue weighted by Crippen LogP contribution is -2.21. The van der Waals surface area contributed by atoms with E-state index in [0.29, 0.717) is 18.6 Å². The largest absolute Gasteiger partial charge is 0.550 e. The molecule has 2 atom stereocenters. The summed E-state index contributed by atoms with van der Waals surface area (Å²) in [5, 5.41) is 10.2. The van der Waals surface area contributed by atoms with Gasteiger partial charge in [-0.15, -0.1) is 0 Å². The molecule has 2 unspecified atom stereocenters. The van der Waals surface area contributed by atoms with Crippen LogP contribution in [0.3, 0.4) is 0 Å². The van der Waals surface area contributed by atoms with E-state index in [-0.39, 0.29) is 6.42 Å². The fourth-order valence-electron chi connectivity index (χ4n) is 2.35. The first-order valence-corrected chi connectivity index (χ1v) is 9.34. The highest BCUT2D eigenvalue weighted by Crippen LogP contribution is 2.29. The number of ether oxygens (including phenoxy) is 1. The third kappa shape index (κ3) is 13.1. The average molecular weight is 343 g/mol. The first-order valence-electron chi connectivity index (χ1n) is 9.34. The third-order valence-electron chi connectivity index (χ3n) is 3.83. The minimum Gasteiger partial charge on any atom is -0.550 e. The Morgan fingerprint density at radius 2 is 1.28 bits per heavy atom. The fourth-order valence-corrected chi connectivity index (χ4v) is 2.35. The van der Waals surface area contributed by atoms with Gasteiger partial charge in [0.1, 0.15) is 0 Å². The normalized spacial score (nSPS) is 20.8. The number of carboxylic acids is 1. The van der Waals surface area contributed by atoms with E-state index < -0.39 is 5.97 Å². The van der Waals surface area contributed by atoms with Crippen molar-refractivity contribution in [3.05, 3.63) is 60.8 Å². The van der Waals surface area contributed by atoms with Crippen LogP contribution in [0.15, 0.2) is 60.8 Å². The lowest BCUT2D eigenvalue weighted by Gasteiger charge is -1.95. The molecule has 0 aromatic rings. The van der Waals surface area contributed by atoms with E-state index in [1.165, 1.54) is 0 Å². The van der Waals surface area contributed by atoms with Gasteiger partial charge in [-0.3, -0.25) is 0 Å². The summed E-state index contributed by atoms with van der Waals surface area (Å²) in [5.41, 5.74) is 0. The van der Waals surface area contributed by atoms with Crippen LogP contribution in [0.4, 0.5) is 0 Å². The molecule has 0 spiro atoms. The van der Waals surface area contributed by atoms with Crippen molar-refractivity contribution in [3.8, 4) is 0 Å². The zero-order valence-corrected chi connectivity index (χ0v) is 15.3. The maximum absolute atomic E-state index is 10.2. The van der Waals surface area contributed by atoms with Crippen molar-refractivity contribution in [3.63, 3.8) is 0 Å². The van der Waals surface area contributed by atoms with E-state index in [0.717, 1.165) is 38.5 Å². The van der Waals surface area contributed by atoms with E-state index in [9.17, 15) is 9.90 Å². The molecule has 0 aromatic carbocycles. The molecule has 0 aliphatic carbocycles. The van der Waals surface area contributed by atoms with E-state index in [4.69, 9.17) is 4.74 Å². The molecule has 0 N–H and O–H groups in total. The van der Waals surface area contributed by atoms with Gasteiger partial charge in [-0.1, -0.05) is 67.7 Å². The van der Waals surface area contributed by atoms with Crippen LogP contribution in [-0.4, -0.2) is 18.2 Å². The quantitative estimate of drug-likeness (QED) is 0.346. The van der Waals surface area contributed by atoms with Gasteiger partial charge in [-0.25, -0.2) is 0 Å². The molecule has 0 bridgehead atoms. The number of carbonyl (C=O) groups is 1. The maximum Gasteiger partial charge on any atom is 0.0879 e. The molecule has 1 saturated heterocycles. The average Bonchev–Trinajstić information content (AvgIpc) is 3.34. The Morgan fingerprint density at radius 1 is 0.800 bits per heavy atom. The highest BCUT2D eigenvalue weighted by atomic mass is 16.6. The van der Waals surface area contributed by atoms with Crippen LogP contribution in [0.5, 0.6) is 0 Å². The molecule has 0 radical (unpaired) electrons. The summed E-state index contributed by atoms with van der Waals surface area (Å²) in [5.74, 6) is -0.994. The number of aliphatic carboxylic acids is 1. The van der Waals surface area contributed by atoms with Crippen molar-refractivity contribution in [2.45, 2.75) is 70.5 Å². The van der Waals surface area contributed by atoms with E-state index in [1.54, 1.807) is 0 Å². The molecule has 1 rings (SSSR count). The third-order valence-corrected chi connectivity index (χ3v) is 3.83. The van der Waals surface area contributed by atoms with Gasteiger partial charge in [0.25, 0.3) is 0 Å². The zero-order chi connectivity index (χ0) is 18.2. The summed E-state index contributed by atoms with van der Waals surface area (Å²) in [6.07, 6.45) is 28.6. The molecule has 0 aromatic heterocycles. The van der Waals surface area contributed by atoms with Crippen LogP contribution in [-0.2, 0) is 9.53 Å². The van der Waals surface area contributed by atoms with Crippen LogP contribution in [0.1, 0.15) is 58.3 Å². The molecule has 138 valence electrons. The van der Waals surface area contributed by atoms with Crippen molar-refractivity contribution in [1.82, 2.24) is 0 Å². The second-order valence-corrected chi connectivity index (χ2v) is 6.07. The number of carbonyl (C=O) groups excluding carboxylic acids is 1. The first kappa shape index (κ1) is 21.2. The second-order valence-electron chi connectivity index (χ2n) is 6.07. The van der Waals surface area contributed by atoms with Crippen molar-refractivity contribution in [1.29, 1.82) is 0 Å². The molecule has 3 nitrogen and oxygen atoms in total. The van der Waals surface area contributed by atoms with Crippen molar-refractivity contribution in [2.24, 2.45) is 0 Å². The monoisotopic (exact) mass is 343 g/mol. The number of rotatable bonds is 14. The predicted molar refractivity (Wildman–Crippen MR) is 102 cm³/mol. The van der Waals surface area contributed by atoms with Crippen LogP contribution in [0, 0.1) is 0 Å². The molecule has 0 amide bonds. The molecule has 1 heterocycles.